The molecule has 54 heavy (non-hydrogen) atoms. The first kappa shape index (κ1) is 29.3. The highest BCUT2D eigenvalue weighted by molar-refractivity contribution is 6.21. The lowest BCUT2D eigenvalue weighted by molar-refractivity contribution is 0.669. The molecule has 0 saturated heterocycles. The van der Waals surface area contributed by atoms with E-state index in [9.17, 15) is 0 Å². The molecular formula is C50H30N2O2. The van der Waals surface area contributed by atoms with Crippen LogP contribution in [0, 0.1) is 0 Å². The van der Waals surface area contributed by atoms with Gasteiger partial charge in [0.25, 0.3) is 0 Å². The van der Waals surface area contributed by atoms with Crippen molar-refractivity contribution in [2.45, 2.75) is 0 Å². The molecule has 252 valence electrons. The van der Waals surface area contributed by atoms with Crippen LogP contribution in [0.15, 0.2) is 191 Å². The molecule has 0 N–H and O–H groups in total. The van der Waals surface area contributed by atoms with Gasteiger partial charge in [-0.3, -0.25) is 0 Å². The van der Waals surface area contributed by atoms with Crippen LogP contribution in [0.5, 0.6) is 0 Å². The quantitative estimate of drug-likeness (QED) is 0.184. The van der Waals surface area contributed by atoms with Crippen LogP contribution >= 0.6 is 0 Å². The lowest BCUT2D eigenvalue weighted by Gasteiger charge is -2.27. The van der Waals surface area contributed by atoms with Gasteiger partial charge in [-0.15, -0.1) is 0 Å². The molecule has 12 aromatic rings. The van der Waals surface area contributed by atoms with Crippen LogP contribution < -0.4 is 4.90 Å². The third-order valence-corrected chi connectivity index (χ3v) is 11.1. The van der Waals surface area contributed by atoms with E-state index in [1.807, 2.05) is 18.2 Å². The molecule has 9 aromatic carbocycles. The number of para-hydroxylation sites is 3. The summed E-state index contributed by atoms with van der Waals surface area (Å²) in [6.07, 6.45) is 0. The number of aromatic nitrogens is 1. The van der Waals surface area contributed by atoms with Crippen molar-refractivity contribution in [1.82, 2.24) is 4.57 Å². The first-order valence-electron chi connectivity index (χ1n) is 18.3. The summed E-state index contributed by atoms with van der Waals surface area (Å²) in [5, 5.41) is 11.5. The second-order valence-corrected chi connectivity index (χ2v) is 14.1. The maximum Gasteiger partial charge on any atom is 0.143 e. The van der Waals surface area contributed by atoms with Crippen molar-refractivity contribution in [3.05, 3.63) is 182 Å². The van der Waals surface area contributed by atoms with Crippen LogP contribution in [0.3, 0.4) is 0 Å². The van der Waals surface area contributed by atoms with Crippen molar-refractivity contribution in [1.29, 1.82) is 0 Å². The number of nitrogens with zero attached hydrogens (tertiary/aromatic N) is 2. The summed E-state index contributed by atoms with van der Waals surface area (Å²) < 4.78 is 15.4. The summed E-state index contributed by atoms with van der Waals surface area (Å²) in [6.45, 7) is 0. The monoisotopic (exact) mass is 690 g/mol. The maximum absolute atomic E-state index is 6.54. The Morgan fingerprint density at radius 2 is 1.00 bits per heavy atom. The fraction of sp³-hybridized carbons (Fsp3) is 0. The van der Waals surface area contributed by atoms with Gasteiger partial charge in [-0.05, 0) is 89.6 Å². The Morgan fingerprint density at radius 1 is 0.352 bits per heavy atom. The molecule has 0 bridgehead atoms. The molecule has 3 heterocycles. The number of fused-ring (bicyclic) bond motifs is 12. The molecule has 0 amide bonds. The van der Waals surface area contributed by atoms with Crippen LogP contribution in [-0.4, -0.2) is 4.57 Å². The largest absolute Gasteiger partial charge is 0.456 e. The Morgan fingerprint density at radius 3 is 1.87 bits per heavy atom. The number of hydrogen-bond acceptors (Lipinski definition) is 3. The summed E-state index contributed by atoms with van der Waals surface area (Å²) in [5.41, 5.74) is 10.2. The van der Waals surface area contributed by atoms with Gasteiger partial charge in [0.2, 0.25) is 0 Å². The van der Waals surface area contributed by atoms with E-state index in [1.165, 1.54) is 21.5 Å². The van der Waals surface area contributed by atoms with Crippen molar-refractivity contribution in [3.8, 4) is 5.69 Å². The molecule has 0 saturated carbocycles. The number of benzene rings is 9. The van der Waals surface area contributed by atoms with E-state index in [-0.39, 0.29) is 0 Å². The van der Waals surface area contributed by atoms with Crippen LogP contribution in [0.4, 0.5) is 17.1 Å². The molecular weight excluding hydrogens is 661 g/mol. The van der Waals surface area contributed by atoms with Crippen LogP contribution in [0.2, 0.25) is 0 Å². The predicted octanol–water partition coefficient (Wildman–Crippen LogP) is 14.4. The van der Waals surface area contributed by atoms with Crippen molar-refractivity contribution < 1.29 is 8.83 Å². The Kier molecular flexibility index (Phi) is 6.02. The smallest absolute Gasteiger partial charge is 0.143 e. The van der Waals surface area contributed by atoms with E-state index in [1.54, 1.807) is 0 Å². The topological polar surface area (TPSA) is 34.5 Å². The third kappa shape index (κ3) is 4.19. The van der Waals surface area contributed by atoms with Gasteiger partial charge in [-0.2, -0.15) is 0 Å². The first-order chi connectivity index (χ1) is 26.8. The van der Waals surface area contributed by atoms with Crippen molar-refractivity contribution >= 4 is 104 Å². The Bertz CT molecular complexity index is 3450. The van der Waals surface area contributed by atoms with E-state index in [2.05, 4.69) is 173 Å². The highest BCUT2D eigenvalue weighted by Gasteiger charge is 2.21. The fourth-order valence-corrected chi connectivity index (χ4v) is 8.69. The van der Waals surface area contributed by atoms with E-state index in [4.69, 9.17) is 8.83 Å². The van der Waals surface area contributed by atoms with Gasteiger partial charge in [-0.25, -0.2) is 0 Å². The summed E-state index contributed by atoms with van der Waals surface area (Å²) in [5.74, 6) is 0. The van der Waals surface area contributed by atoms with Crippen LogP contribution in [0.1, 0.15) is 0 Å². The van der Waals surface area contributed by atoms with E-state index >= 15 is 0 Å². The van der Waals surface area contributed by atoms with Gasteiger partial charge in [0, 0.05) is 66.2 Å². The Labute approximate surface area is 309 Å². The normalized spacial score (nSPS) is 12.1. The third-order valence-electron chi connectivity index (χ3n) is 11.1. The molecule has 3 aromatic heterocycles. The highest BCUT2D eigenvalue weighted by atomic mass is 16.3. The molecule has 0 aliphatic rings. The van der Waals surface area contributed by atoms with E-state index < -0.39 is 0 Å². The first-order valence-corrected chi connectivity index (χ1v) is 18.3. The van der Waals surface area contributed by atoms with Crippen molar-refractivity contribution in [3.63, 3.8) is 0 Å². The summed E-state index contributed by atoms with van der Waals surface area (Å²) in [4.78, 5) is 2.37. The van der Waals surface area contributed by atoms with Gasteiger partial charge in [-0.1, -0.05) is 97.1 Å². The van der Waals surface area contributed by atoms with Gasteiger partial charge in [0.15, 0.2) is 0 Å². The predicted molar refractivity (Wildman–Crippen MR) is 225 cm³/mol. The van der Waals surface area contributed by atoms with E-state index in [0.717, 1.165) is 88.4 Å². The number of anilines is 3. The fourth-order valence-electron chi connectivity index (χ4n) is 8.69. The number of rotatable bonds is 4. The zero-order chi connectivity index (χ0) is 35.3. The molecule has 0 radical (unpaired) electrons. The molecule has 0 unspecified atom stereocenters. The standard InChI is InChI=1S/C50H30N2O2/c1-2-13-33(14-3-1)52-45-26-23-34(28-43(45)42-27-32-21-24-40-38-17-7-9-20-48(38)54-50(40)41(32)30-46(42)52)51(44-18-10-12-31-11-4-5-15-36(31)44)35-22-25-39-37-16-6-8-19-47(37)53-49(39)29-35/h1-30H. The van der Waals surface area contributed by atoms with Crippen LogP contribution in [0.25, 0.3) is 92.9 Å². The number of furan rings is 2. The summed E-state index contributed by atoms with van der Waals surface area (Å²) in [7, 11) is 0. The minimum Gasteiger partial charge on any atom is -0.456 e. The van der Waals surface area contributed by atoms with Gasteiger partial charge < -0.3 is 18.3 Å². The molecule has 0 fully saturated rings. The Hall–Kier alpha value is -7.30. The van der Waals surface area contributed by atoms with Crippen molar-refractivity contribution in [2.75, 3.05) is 4.90 Å². The molecule has 0 aliphatic carbocycles. The zero-order valence-corrected chi connectivity index (χ0v) is 29.0. The molecule has 0 atom stereocenters. The molecule has 4 heteroatoms. The Balaban J connectivity index is 1.15. The minimum atomic E-state index is 0.865. The van der Waals surface area contributed by atoms with E-state index in [0.29, 0.717) is 0 Å². The van der Waals surface area contributed by atoms with Gasteiger partial charge in [0.05, 0.1) is 16.7 Å². The SMILES string of the molecule is c1ccc(-n2c3ccc(N(c4ccc5c(c4)oc4ccccc45)c4cccc5ccccc45)cc3c3cc4ccc5c6ccccc6oc5c4cc32)cc1. The summed E-state index contributed by atoms with van der Waals surface area (Å²) >= 11 is 0. The second-order valence-electron chi connectivity index (χ2n) is 14.1. The lowest BCUT2D eigenvalue weighted by Crippen LogP contribution is -2.10. The molecule has 0 spiro atoms. The number of hydrogen-bond donors (Lipinski definition) is 0. The molecule has 12 rings (SSSR count). The molecule has 4 nitrogen and oxygen atoms in total. The average molecular weight is 691 g/mol. The van der Waals surface area contributed by atoms with Gasteiger partial charge >= 0.3 is 0 Å². The van der Waals surface area contributed by atoms with Gasteiger partial charge in [0.1, 0.15) is 22.3 Å². The van der Waals surface area contributed by atoms with Crippen LogP contribution in [-0.2, 0) is 0 Å². The zero-order valence-electron chi connectivity index (χ0n) is 29.0. The molecule has 0 aliphatic heterocycles. The summed E-state index contributed by atoms with van der Waals surface area (Å²) in [6, 6.07) is 64.9. The second kappa shape index (κ2) is 11.1. The highest BCUT2D eigenvalue weighted by Crippen LogP contribution is 2.45. The minimum absolute atomic E-state index is 0.865. The lowest BCUT2D eigenvalue weighted by atomic mass is 10.0. The van der Waals surface area contributed by atoms with Crippen molar-refractivity contribution in [2.24, 2.45) is 0 Å². The average Bonchev–Trinajstić information content (AvgIpc) is 3.90. The maximum atomic E-state index is 6.54.